The number of aliphatic hydroxyl groups is 1. The second-order valence-electron chi connectivity index (χ2n) is 4.35. The maximum absolute atomic E-state index is 10.2. The number of rotatable bonds is 5. The molecule has 0 aliphatic rings. The van der Waals surface area contributed by atoms with Gasteiger partial charge in [-0.25, -0.2) is 0 Å². The third kappa shape index (κ3) is 4.08. The van der Waals surface area contributed by atoms with Crippen LogP contribution < -0.4 is 4.74 Å². The molecule has 1 N–H and O–H groups in total. The largest absolute Gasteiger partial charge is 0.494 e. The van der Waals surface area contributed by atoms with Crippen LogP contribution >= 0.6 is 15.9 Å². The van der Waals surface area contributed by atoms with Gasteiger partial charge in [0.05, 0.1) is 12.7 Å². The van der Waals surface area contributed by atoms with Gasteiger partial charge in [-0.3, -0.25) is 0 Å². The lowest BCUT2D eigenvalue weighted by atomic mass is 10.0. The zero-order chi connectivity index (χ0) is 13.7. The molecule has 1 atom stereocenters. The lowest BCUT2D eigenvalue weighted by Crippen LogP contribution is -2.02. The number of benzene rings is 2. The Balaban J connectivity index is 2.02. The summed E-state index contributed by atoms with van der Waals surface area (Å²) >= 11 is 3.40. The van der Waals surface area contributed by atoms with Gasteiger partial charge in [-0.1, -0.05) is 40.2 Å². The monoisotopic (exact) mass is 320 g/mol. The molecule has 2 rings (SSSR count). The third-order valence-corrected chi connectivity index (χ3v) is 3.45. The summed E-state index contributed by atoms with van der Waals surface area (Å²) in [6, 6.07) is 15.6. The number of ether oxygens (including phenoxy) is 1. The standard InChI is InChI=1S/C16H17BrO2/c1-2-19-15-9-5-13(6-10-15)16(18)11-12-3-7-14(17)8-4-12/h3-10,16,18H,2,11H2,1H3. The summed E-state index contributed by atoms with van der Waals surface area (Å²) in [6.45, 7) is 2.61. The normalized spacial score (nSPS) is 12.2. The Morgan fingerprint density at radius 2 is 1.68 bits per heavy atom. The van der Waals surface area contributed by atoms with Gasteiger partial charge in [0.15, 0.2) is 0 Å². The molecule has 0 aliphatic carbocycles. The quantitative estimate of drug-likeness (QED) is 0.897. The van der Waals surface area contributed by atoms with Crippen LogP contribution in [0.15, 0.2) is 53.0 Å². The number of hydrogen-bond donors (Lipinski definition) is 1. The van der Waals surface area contributed by atoms with Crippen LogP contribution in [0.25, 0.3) is 0 Å². The van der Waals surface area contributed by atoms with E-state index < -0.39 is 6.10 Å². The third-order valence-electron chi connectivity index (χ3n) is 2.92. The minimum absolute atomic E-state index is 0.489. The van der Waals surface area contributed by atoms with Gasteiger partial charge < -0.3 is 9.84 Å². The zero-order valence-corrected chi connectivity index (χ0v) is 12.4. The highest BCUT2D eigenvalue weighted by atomic mass is 79.9. The molecule has 0 saturated carbocycles. The Kier molecular flexibility index (Phi) is 5.00. The number of hydrogen-bond acceptors (Lipinski definition) is 2. The van der Waals surface area contributed by atoms with Gasteiger partial charge in [-0.05, 0) is 42.3 Å². The Morgan fingerprint density at radius 1 is 1.05 bits per heavy atom. The fraction of sp³-hybridized carbons (Fsp3) is 0.250. The highest BCUT2D eigenvalue weighted by Gasteiger charge is 2.08. The molecule has 0 heterocycles. The van der Waals surface area contributed by atoms with Gasteiger partial charge in [0.25, 0.3) is 0 Å². The fourth-order valence-electron chi connectivity index (χ4n) is 1.91. The van der Waals surface area contributed by atoms with Crippen molar-refractivity contribution in [1.82, 2.24) is 0 Å². The first-order valence-electron chi connectivity index (χ1n) is 6.34. The van der Waals surface area contributed by atoms with Gasteiger partial charge in [-0.15, -0.1) is 0 Å². The lowest BCUT2D eigenvalue weighted by molar-refractivity contribution is 0.178. The highest BCUT2D eigenvalue weighted by molar-refractivity contribution is 9.10. The van der Waals surface area contributed by atoms with Crippen molar-refractivity contribution in [2.24, 2.45) is 0 Å². The maximum atomic E-state index is 10.2. The van der Waals surface area contributed by atoms with E-state index >= 15 is 0 Å². The van der Waals surface area contributed by atoms with Crippen LogP contribution in [0.4, 0.5) is 0 Å². The van der Waals surface area contributed by atoms with E-state index in [4.69, 9.17) is 4.74 Å². The van der Waals surface area contributed by atoms with Crippen LogP contribution in [0.2, 0.25) is 0 Å². The van der Waals surface area contributed by atoms with E-state index in [1.54, 1.807) is 0 Å². The average Bonchev–Trinajstić information content (AvgIpc) is 2.42. The van der Waals surface area contributed by atoms with Crippen LogP contribution in [0, 0.1) is 0 Å². The minimum Gasteiger partial charge on any atom is -0.494 e. The first-order chi connectivity index (χ1) is 9.19. The van der Waals surface area contributed by atoms with Crippen molar-refractivity contribution in [2.45, 2.75) is 19.4 Å². The Hall–Kier alpha value is -1.32. The molecule has 0 aromatic heterocycles. The SMILES string of the molecule is CCOc1ccc(C(O)Cc2ccc(Br)cc2)cc1. The van der Waals surface area contributed by atoms with E-state index in [2.05, 4.69) is 15.9 Å². The average molecular weight is 321 g/mol. The van der Waals surface area contributed by atoms with Crippen LogP contribution in [0.5, 0.6) is 5.75 Å². The van der Waals surface area contributed by atoms with E-state index in [1.807, 2.05) is 55.5 Å². The molecule has 19 heavy (non-hydrogen) atoms. The highest BCUT2D eigenvalue weighted by Crippen LogP contribution is 2.22. The second-order valence-corrected chi connectivity index (χ2v) is 5.26. The molecule has 3 heteroatoms. The summed E-state index contributed by atoms with van der Waals surface area (Å²) in [7, 11) is 0. The molecule has 0 fully saturated rings. The summed E-state index contributed by atoms with van der Waals surface area (Å²) in [6.07, 6.45) is 0.123. The minimum atomic E-state index is -0.489. The van der Waals surface area contributed by atoms with Gasteiger partial charge in [0.1, 0.15) is 5.75 Å². The van der Waals surface area contributed by atoms with Crippen molar-refractivity contribution in [3.8, 4) is 5.75 Å². The van der Waals surface area contributed by atoms with Gasteiger partial charge in [0.2, 0.25) is 0 Å². The first kappa shape index (κ1) is 14.1. The molecule has 0 radical (unpaired) electrons. The van der Waals surface area contributed by atoms with Gasteiger partial charge in [0, 0.05) is 10.9 Å². The van der Waals surface area contributed by atoms with E-state index in [9.17, 15) is 5.11 Å². The van der Waals surface area contributed by atoms with E-state index in [-0.39, 0.29) is 0 Å². The molecule has 0 spiro atoms. The van der Waals surface area contributed by atoms with Crippen LogP contribution in [0.3, 0.4) is 0 Å². The zero-order valence-electron chi connectivity index (χ0n) is 10.8. The Bertz CT molecular complexity index is 505. The van der Waals surface area contributed by atoms with Gasteiger partial charge in [-0.2, -0.15) is 0 Å². The van der Waals surface area contributed by atoms with Gasteiger partial charge >= 0.3 is 0 Å². The molecule has 100 valence electrons. The molecule has 2 nitrogen and oxygen atoms in total. The Labute approximate surface area is 122 Å². The van der Waals surface area contributed by atoms with Crippen LogP contribution in [-0.4, -0.2) is 11.7 Å². The van der Waals surface area contributed by atoms with Crippen molar-refractivity contribution < 1.29 is 9.84 Å². The van der Waals surface area contributed by atoms with E-state index in [0.717, 1.165) is 21.3 Å². The molecular formula is C16H17BrO2. The fourth-order valence-corrected chi connectivity index (χ4v) is 2.18. The molecular weight excluding hydrogens is 304 g/mol. The van der Waals surface area contributed by atoms with Crippen LogP contribution in [-0.2, 0) is 6.42 Å². The summed E-state index contributed by atoms with van der Waals surface area (Å²) < 4.78 is 6.43. The topological polar surface area (TPSA) is 29.5 Å². The first-order valence-corrected chi connectivity index (χ1v) is 7.13. The van der Waals surface area contributed by atoms with Crippen molar-refractivity contribution in [2.75, 3.05) is 6.61 Å². The second kappa shape index (κ2) is 6.73. The molecule has 0 saturated heterocycles. The van der Waals surface area contributed by atoms with Crippen molar-refractivity contribution in [3.63, 3.8) is 0 Å². The number of halogens is 1. The molecule has 0 amide bonds. The maximum Gasteiger partial charge on any atom is 0.119 e. The molecule has 2 aromatic carbocycles. The molecule has 0 bridgehead atoms. The summed E-state index contributed by atoms with van der Waals surface area (Å²) in [5.74, 6) is 0.835. The summed E-state index contributed by atoms with van der Waals surface area (Å²) in [4.78, 5) is 0. The Morgan fingerprint density at radius 3 is 2.26 bits per heavy atom. The van der Waals surface area contributed by atoms with E-state index in [0.29, 0.717) is 13.0 Å². The van der Waals surface area contributed by atoms with E-state index in [1.165, 1.54) is 0 Å². The number of aliphatic hydroxyl groups excluding tert-OH is 1. The molecule has 0 aliphatic heterocycles. The summed E-state index contributed by atoms with van der Waals surface area (Å²) in [5.41, 5.74) is 2.02. The van der Waals surface area contributed by atoms with Crippen molar-refractivity contribution in [3.05, 3.63) is 64.1 Å². The van der Waals surface area contributed by atoms with Crippen LogP contribution in [0.1, 0.15) is 24.2 Å². The molecule has 2 aromatic rings. The summed E-state index contributed by atoms with van der Waals surface area (Å²) in [5, 5.41) is 10.2. The molecule has 1 unspecified atom stereocenters. The van der Waals surface area contributed by atoms with Crippen molar-refractivity contribution in [1.29, 1.82) is 0 Å². The smallest absolute Gasteiger partial charge is 0.119 e. The predicted octanol–water partition coefficient (Wildman–Crippen LogP) is 4.12. The predicted molar refractivity (Wildman–Crippen MR) is 80.4 cm³/mol. The van der Waals surface area contributed by atoms with Crippen molar-refractivity contribution >= 4 is 15.9 Å². The lowest BCUT2D eigenvalue weighted by Gasteiger charge is -2.12.